The van der Waals surface area contributed by atoms with E-state index in [4.69, 9.17) is 9.47 Å². The van der Waals surface area contributed by atoms with Gasteiger partial charge in [0.05, 0.1) is 24.1 Å². The Morgan fingerprint density at radius 2 is 2.05 bits per heavy atom. The van der Waals surface area contributed by atoms with E-state index in [1.54, 1.807) is 10.9 Å². The summed E-state index contributed by atoms with van der Waals surface area (Å²) in [5, 5.41) is 11.1. The summed E-state index contributed by atoms with van der Waals surface area (Å²) in [6, 6.07) is 3.85. The molecular formula is C12H13BrN4O2. The van der Waals surface area contributed by atoms with Gasteiger partial charge in [0.2, 0.25) is 0 Å². The van der Waals surface area contributed by atoms with Crippen molar-refractivity contribution in [2.45, 2.75) is 6.54 Å². The average molecular weight is 325 g/mol. The van der Waals surface area contributed by atoms with Crippen LogP contribution in [0.15, 0.2) is 22.8 Å². The highest BCUT2D eigenvalue weighted by Crippen LogP contribution is 2.38. The van der Waals surface area contributed by atoms with Gasteiger partial charge in [-0.05, 0) is 15.9 Å². The molecule has 19 heavy (non-hydrogen) atoms. The Morgan fingerprint density at radius 1 is 1.32 bits per heavy atom. The molecule has 6 nitrogen and oxygen atoms in total. The van der Waals surface area contributed by atoms with E-state index in [1.807, 2.05) is 19.2 Å². The lowest BCUT2D eigenvalue weighted by Gasteiger charge is -2.20. The molecule has 0 saturated carbocycles. The number of fused-ring (bicyclic) bond motifs is 1. The third-order valence-corrected chi connectivity index (χ3v) is 3.56. The van der Waals surface area contributed by atoms with Gasteiger partial charge in [0, 0.05) is 23.7 Å². The first-order valence-electron chi connectivity index (χ1n) is 5.90. The lowest BCUT2D eigenvalue weighted by atomic mass is 10.2. The number of ether oxygens (including phenoxy) is 2. The molecule has 0 fully saturated rings. The van der Waals surface area contributed by atoms with Crippen LogP contribution in [0.4, 0.5) is 5.69 Å². The number of aryl methyl sites for hydroxylation is 1. The molecule has 1 N–H and O–H groups in total. The summed E-state index contributed by atoms with van der Waals surface area (Å²) >= 11 is 3.52. The van der Waals surface area contributed by atoms with E-state index in [0.29, 0.717) is 19.8 Å². The monoisotopic (exact) mass is 324 g/mol. The van der Waals surface area contributed by atoms with E-state index in [9.17, 15) is 0 Å². The molecule has 100 valence electrons. The van der Waals surface area contributed by atoms with E-state index in [-0.39, 0.29) is 0 Å². The second kappa shape index (κ2) is 5.08. The fraction of sp³-hybridized carbons (Fsp3) is 0.333. The maximum Gasteiger partial charge on any atom is 0.163 e. The molecule has 0 unspecified atom stereocenters. The molecule has 3 rings (SSSR count). The van der Waals surface area contributed by atoms with Crippen LogP contribution in [0.1, 0.15) is 5.69 Å². The van der Waals surface area contributed by atoms with Crippen LogP contribution in [0.5, 0.6) is 11.5 Å². The smallest absolute Gasteiger partial charge is 0.163 e. The first kappa shape index (κ1) is 12.3. The van der Waals surface area contributed by atoms with Crippen molar-refractivity contribution < 1.29 is 9.47 Å². The number of rotatable bonds is 3. The van der Waals surface area contributed by atoms with Gasteiger partial charge in [0.1, 0.15) is 13.2 Å². The van der Waals surface area contributed by atoms with Crippen molar-refractivity contribution in [3.05, 3.63) is 28.5 Å². The van der Waals surface area contributed by atoms with Gasteiger partial charge in [0.25, 0.3) is 0 Å². The highest BCUT2D eigenvalue weighted by Gasteiger charge is 2.14. The minimum atomic E-state index is 0.583. The summed E-state index contributed by atoms with van der Waals surface area (Å²) in [5.41, 5.74) is 1.95. The van der Waals surface area contributed by atoms with Crippen molar-refractivity contribution in [1.29, 1.82) is 0 Å². The van der Waals surface area contributed by atoms with E-state index in [0.717, 1.165) is 27.4 Å². The number of aromatic nitrogens is 3. The first-order valence-corrected chi connectivity index (χ1v) is 6.70. The number of anilines is 1. The fourth-order valence-corrected chi connectivity index (χ4v) is 2.32. The number of hydrogen-bond acceptors (Lipinski definition) is 5. The number of hydrogen-bond donors (Lipinski definition) is 1. The van der Waals surface area contributed by atoms with Gasteiger partial charge in [-0.1, -0.05) is 5.21 Å². The van der Waals surface area contributed by atoms with Crippen molar-refractivity contribution in [3.8, 4) is 11.5 Å². The van der Waals surface area contributed by atoms with Gasteiger partial charge < -0.3 is 14.8 Å². The molecule has 1 aromatic carbocycles. The summed E-state index contributed by atoms with van der Waals surface area (Å²) in [6.07, 6.45) is 1.74. The molecule has 0 saturated heterocycles. The molecule has 1 aromatic heterocycles. The molecule has 2 heterocycles. The van der Waals surface area contributed by atoms with E-state index in [2.05, 4.69) is 31.6 Å². The quantitative estimate of drug-likeness (QED) is 0.935. The Labute approximate surface area is 118 Å². The fourth-order valence-electron chi connectivity index (χ4n) is 1.86. The molecule has 2 aromatic rings. The molecule has 1 aliphatic rings. The highest BCUT2D eigenvalue weighted by molar-refractivity contribution is 9.10. The standard InChI is InChI=1S/C12H13BrN4O2/c1-17-8(7-15-16-17)6-14-10-5-12-11(4-9(10)13)18-2-3-19-12/h4-5,7,14H,2-3,6H2,1H3. The second-order valence-electron chi connectivity index (χ2n) is 4.18. The zero-order valence-corrected chi connectivity index (χ0v) is 12.0. The molecule has 0 bridgehead atoms. The zero-order chi connectivity index (χ0) is 13.2. The summed E-state index contributed by atoms with van der Waals surface area (Å²) in [7, 11) is 1.86. The summed E-state index contributed by atoms with van der Waals surface area (Å²) in [4.78, 5) is 0. The van der Waals surface area contributed by atoms with E-state index >= 15 is 0 Å². The van der Waals surface area contributed by atoms with Gasteiger partial charge >= 0.3 is 0 Å². The van der Waals surface area contributed by atoms with Gasteiger partial charge in [-0.3, -0.25) is 4.68 Å². The molecule has 0 aliphatic carbocycles. The minimum absolute atomic E-state index is 0.583. The number of halogens is 1. The normalized spacial score (nSPS) is 13.4. The van der Waals surface area contributed by atoms with Gasteiger partial charge in [-0.15, -0.1) is 5.10 Å². The van der Waals surface area contributed by atoms with Crippen LogP contribution in [0.25, 0.3) is 0 Å². The summed E-state index contributed by atoms with van der Waals surface area (Å²) < 4.78 is 13.8. The molecule has 0 spiro atoms. The van der Waals surface area contributed by atoms with Crippen LogP contribution < -0.4 is 14.8 Å². The number of nitrogens with zero attached hydrogens (tertiary/aromatic N) is 3. The predicted octanol–water partition coefficient (Wildman–Crippen LogP) is 1.96. The Morgan fingerprint density at radius 3 is 2.74 bits per heavy atom. The Hall–Kier alpha value is -1.76. The van der Waals surface area contributed by atoms with Gasteiger partial charge in [-0.25, -0.2) is 0 Å². The van der Waals surface area contributed by atoms with E-state index < -0.39 is 0 Å². The maximum absolute atomic E-state index is 5.56. The van der Waals surface area contributed by atoms with Crippen LogP contribution in [-0.2, 0) is 13.6 Å². The predicted molar refractivity (Wildman–Crippen MR) is 73.5 cm³/mol. The van der Waals surface area contributed by atoms with Crippen LogP contribution in [0.2, 0.25) is 0 Å². The minimum Gasteiger partial charge on any atom is -0.486 e. The van der Waals surface area contributed by atoms with Crippen LogP contribution in [0, 0.1) is 0 Å². The summed E-state index contributed by atoms with van der Waals surface area (Å²) in [5.74, 6) is 1.53. The third-order valence-electron chi connectivity index (χ3n) is 2.90. The lowest BCUT2D eigenvalue weighted by molar-refractivity contribution is 0.171. The summed E-state index contributed by atoms with van der Waals surface area (Å²) in [6.45, 7) is 1.81. The van der Waals surface area contributed by atoms with Crippen molar-refractivity contribution in [2.24, 2.45) is 7.05 Å². The zero-order valence-electron chi connectivity index (χ0n) is 10.4. The maximum atomic E-state index is 5.56. The van der Waals surface area contributed by atoms with Crippen molar-refractivity contribution >= 4 is 21.6 Å². The van der Waals surface area contributed by atoms with Crippen LogP contribution >= 0.6 is 15.9 Å². The topological polar surface area (TPSA) is 61.2 Å². The Balaban J connectivity index is 1.79. The van der Waals surface area contributed by atoms with Crippen LogP contribution in [0.3, 0.4) is 0 Å². The molecule has 1 aliphatic heterocycles. The van der Waals surface area contributed by atoms with Crippen molar-refractivity contribution in [3.63, 3.8) is 0 Å². The molecule has 7 heteroatoms. The molecule has 0 radical (unpaired) electrons. The molecule has 0 atom stereocenters. The third kappa shape index (κ3) is 2.51. The van der Waals surface area contributed by atoms with Crippen molar-refractivity contribution in [1.82, 2.24) is 15.0 Å². The number of benzene rings is 1. The Bertz CT molecular complexity index is 599. The largest absolute Gasteiger partial charge is 0.486 e. The lowest BCUT2D eigenvalue weighted by Crippen LogP contribution is -2.15. The Kier molecular flexibility index (Phi) is 3.29. The van der Waals surface area contributed by atoms with Crippen molar-refractivity contribution in [2.75, 3.05) is 18.5 Å². The average Bonchev–Trinajstić information content (AvgIpc) is 2.82. The first-order chi connectivity index (χ1) is 9.24. The molecule has 0 amide bonds. The van der Waals surface area contributed by atoms with Gasteiger partial charge in [0.15, 0.2) is 11.5 Å². The highest BCUT2D eigenvalue weighted by atomic mass is 79.9. The van der Waals surface area contributed by atoms with Crippen LogP contribution in [-0.4, -0.2) is 28.2 Å². The van der Waals surface area contributed by atoms with Gasteiger partial charge in [-0.2, -0.15) is 0 Å². The SMILES string of the molecule is Cn1nncc1CNc1cc2c(cc1Br)OCCO2. The van der Waals surface area contributed by atoms with E-state index in [1.165, 1.54) is 0 Å². The second-order valence-corrected chi connectivity index (χ2v) is 5.03. The number of nitrogens with one attached hydrogen (secondary N) is 1. The molecular weight excluding hydrogens is 312 g/mol.